The molecule has 1 aliphatic rings. The lowest BCUT2D eigenvalue weighted by Gasteiger charge is -2.22. The van der Waals surface area contributed by atoms with Crippen LogP contribution < -0.4 is 0 Å². The molecule has 8 nitrogen and oxygen atoms in total. The van der Waals surface area contributed by atoms with Crippen LogP contribution in [0.15, 0.2) is 0 Å². The highest BCUT2D eigenvalue weighted by molar-refractivity contribution is 7.32. The molecule has 1 fully saturated rings. The molecule has 1 aliphatic heterocycles. The van der Waals surface area contributed by atoms with Gasteiger partial charge in [0.2, 0.25) is 5.91 Å². The molecule has 0 aromatic carbocycles. The van der Waals surface area contributed by atoms with Gasteiger partial charge < -0.3 is 15.1 Å². The Labute approximate surface area is 193 Å². The normalized spacial score (nSPS) is 18.8. The van der Waals surface area contributed by atoms with Crippen LogP contribution in [0.1, 0.15) is 109 Å². The molecule has 0 bridgehead atoms. The molecule has 9 heteroatoms. The van der Waals surface area contributed by atoms with Crippen molar-refractivity contribution in [1.82, 2.24) is 4.90 Å². The van der Waals surface area contributed by atoms with E-state index in [-0.39, 0.29) is 25.1 Å². The van der Waals surface area contributed by atoms with Crippen LogP contribution in [0.4, 0.5) is 0 Å². The highest BCUT2D eigenvalue weighted by Crippen LogP contribution is 2.28. The number of unbranched alkanes of at least 4 members (excludes halogenated alkanes) is 13. The number of rotatable bonds is 20. The fourth-order valence-electron chi connectivity index (χ4n) is 4.37. The van der Waals surface area contributed by atoms with Crippen molar-refractivity contribution in [2.75, 3.05) is 13.2 Å². The van der Waals surface area contributed by atoms with E-state index in [1.54, 1.807) is 4.90 Å². The third kappa shape index (κ3) is 14.1. The average molecular weight is 477 g/mol. The number of carboxylic acids is 1. The summed E-state index contributed by atoms with van der Waals surface area (Å²) >= 11 is 0. The highest BCUT2D eigenvalue weighted by Gasteiger charge is 2.39. The van der Waals surface area contributed by atoms with Crippen molar-refractivity contribution in [3.63, 3.8) is 0 Å². The number of nitrogens with zero attached hydrogens (tertiary/aromatic N) is 1. The SMILES string of the molecule is O=C(O)CCCCCCCCCCCCCCCCC(=O)N1C[C@H](O[P+](=O)O)C[C@H]1CO. The minimum Gasteiger partial charge on any atom is -0.481 e. The van der Waals surface area contributed by atoms with Crippen LogP contribution in [0.5, 0.6) is 0 Å². The number of hydrogen-bond donors (Lipinski definition) is 3. The smallest absolute Gasteiger partial charge is 0.481 e. The van der Waals surface area contributed by atoms with Gasteiger partial charge in [-0.2, -0.15) is 0 Å². The summed E-state index contributed by atoms with van der Waals surface area (Å²) in [6.45, 7) is 0.122. The van der Waals surface area contributed by atoms with Gasteiger partial charge >= 0.3 is 14.2 Å². The predicted octanol–water partition coefficient (Wildman–Crippen LogP) is 4.94. The van der Waals surface area contributed by atoms with E-state index >= 15 is 0 Å². The van der Waals surface area contributed by atoms with Crippen molar-refractivity contribution in [2.24, 2.45) is 0 Å². The Hall–Kier alpha value is -1.08. The fraction of sp³-hybridized carbons (Fsp3) is 0.913. The number of carbonyl (C=O) groups is 2. The molecule has 1 heterocycles. The fourth-order valence-corrected chi connectivity index (χ4v) is 4.78. The lowest BCUT2D eigenvalue weighted by atomic mass is 10.0. The number of amides is 1. The quantitative estimate of drug-likeness (QED) is 0.168. The second kappa shape index (κ2) is 18.4. The molecule has 1 unspecified atom stereocenters. The maximum Gasteiger partial charge on any atom is 0.695 e. The van der Waals surface area contributed by atoms with Gasteiger partial charge in [-0.1, -0.05) is 77.0 Å². The van der Waals surface area contributed by atoms with Crippen molar-refractivity contribution in [2.45, 2.75) is 121 Å². The van der Waals surface area contributed by atoms with E-state index in [0.29, 0.717) is 19.3 Å². The summed E-state index contributed by atoms with van der Waals surface area (Å²) in [7, 11) is -2.69. The number of aliphatic hydroxyl groups excluding tert-OH is 1. The van der Waals surface area contributed by atoms with Gasteiger partial charge in [0.25, 0.3) is 0 Å². The number of aliphatic carboxylic acids is 1. The minimum atomic E-state index is -2.69. The summed E-state index contributed by atoms with van der Waals surface area (Å²) in [6, 6.07) is -0.320. The lowest BCUT2D eigenvalue weighted by molar-refractivity contribution is -0.137. The molecular formula is C23H43NO7P+. The zero-order valence-corrected chi connectivity index (χ0v) is 20.4. The predicted molar refractivity (Wildman–Crippen MR) is 123 cm³/mol. The topological polar surface area (TPSA) is 124 Å². The van der Waals surface area contributed by atoms with Gasteiger partial charge in [-0.15, -0.1) is 9.42 Å². The molecule has 1 saturated heterocycles. The Kier molecular flexibility index (Phi) is 16.6. The Morgan fingerprint density at radius 1 is 0.812 bits per heavy atom. The van der Waals surface area contributed by atoms with Crippen LogP contribution in [-0.4, -0.2) is 57.2 Å². The first kappa shape index (κ1) is 29.0. The summed E-state index contributed by atoms with van der Waals surface area (Å²) in [4.78, 5) is 33.3. The summed E-state index contributed by atoms with van der Waals surface area (Å²) < 4.78 is 15.7. The van der Waals surface area contributed by atoms with E-state index in [1.807, 2.05) is 0 Å². The van der Waals surface area contributed by atoms with E-state index < -0.39 is 20.3 Å². The molecule has 0 aromatic rings. The van der Waals surface area contributed by atoms with Crippen molar-refractivity contribution in [3.8, 4) is 0 Å². The molecule has 0 saturated carbocycles. The molecule has 0 aliphatic carbocycles. The molecule has 0 spiro atoms. The van der Waals surface area contributed by atoms with Crippen LogP contribution in [-0.2, 0) is 18.7 Å². The second-order valence-electron chi connectivity index (χ2n) is 8.93. The number of hydrogen-bond acceptors (Lipinski definition) is 5. The van der Waals surface area contributed by atoms with Crippen LogP contribution >= 0.6 is 8.25 Å². The molecule has 3 N–H and O–H groups in total. The molecule has 0 aromatic heterocycles. The maximum absolute atomic E-state index is 12.4. The number of carboxylic acid groups (broad SMARTS) is 1. The maximum atomic E-state index is 12.4. The third-order valence-corrected chi connectivity index (χ3v) is 6.66. The Balaban J connectivity index is 1.91. The van der Waals surface area contributed by atoms with Gasteiger partial charge in [0.1, 0.15) is 6.10 Å². The number of carbonyl (C=O) groups excluding carboxylic acids is 1. The summed E-state index contributed by atoms with van der Waals surface area (Å²) in [6.07, 6.45) is 16.6. The van der Waals surface area contributed by atoms with Crippen molar-refractivity contribution >= 4 is 20.1 Å². The van der Waals surface area contributed by atoms with E-state index in [2.05, 4.69) is 0 Å². The summed E-state index contributed by atoms with van der Waals surface area (Å²) in [5, 5.41) is 18.0. The zero-order chi connectivity index (χ0) is 23.6. The van der Waals surface area contributed by atoms with E-state index in [0.717, 1.165) is 38.5 Å². The Morgan fingerprint density at radius 2 is 1.25 bits per heavy atom. The molecule has 3 atom stereocenters. The molecule has 186 valence electrons. The summed E-state index contributed by atoms with van der Waals surface area (Å²) in [5.41, 5.74) is 0. The first-order chi connectivity index (χ1) is 15.4. The first-order valence-corrected chi connectivity index (χ1v) is 13.5. The number of aliphatic hydroxyl groups is 1. The van der Waals surface area contributed by atoms with E-state index in [4.69, 9.17) is 14.5 Å². The van der Waals surface area contributed by atoms with Gasteiger partial charge in [-0.05, 0) is 12.8 Å². The monoisotopic (exact) mass is 476 g/mol. The van der Waals surface area contributed by atoms with Crippen molar-refractivity contribution in [1.29, 1.82) is 0 Å². The van der Waals surface area contributed by atoms with Crippen LogP contribution in [0.2, 0.25) is 0 Å². The average Bonchev–Trinajstić information content (AvgIpc) is 3.15. The second-order valence-corrected chi connectivity index (χ2v) is 9.61. The Bertz CT molecular complexity index is 546. The molecule has 1 amide bonds. The van der Waals surface area contributed by atoms with Crippen LogP contribution in [0.3, 0.4) is 0 Å². The van der Waals surface area contributed by atoms with E-state index in [1.165, 1.54) is 51.4 Å². The lowest BCUT2D eigenvalue weighted by Crippen LogP contribution is -2.37. The van der Waals surface area contributed by atoms with Crippen LogP contribution in [0.25, 0.3) is 0 Å². The van der Waals surface area contributed by atoms with Gasteiger partial charge in [0.05, 0.1) is 19.2 Å². The number of likely N-dealkylation sites (tertiary alicyclic amines) is 1. The molecular weight excluding hydrogens is 433 g/mol. The molecule has 1 rings (SSSR count). The van der Waals surface area contributed by atoms with Gasteiger partial charge in [0, 0.05) is 23.8 Å². The van der Waals surface area contributed by atoms with Crippen LogP contribution in [0, 0.1) is 0 Å². The summed E-state index contributed by atoms with van der Waals surface area (Å²) in [5.74, 6) is -0.702. The standard InChI is InChI=1S/C23H42NO7P/c25-19-20-17-21(31-32(29)30)18-24(20)22(26)15-13-11-9-7-5-3-1-2-4-6-8-10-12-14-16-23(27)28/h20-21,25H,1-19H2,(H-,27,28,29,30)/p+1/t20-,21+/m0/s1. The van der Waals surface area contributed by atoms with Crippen molar-refractivity contribution < 1.29 is 33.8 Å². The Morgan fingerprint density at radius 3 is 1.66 bits per heavy atom. The largest absolute Gasteiger partial charge is 0.695 e. The minimum absolute atomic E-state index is 0.00907. The molecule has 32 heavy (non-hydrogen) atoms. The molecule has 0 radical (unpaired) electrons. The third-order valence-electron chi connectivity index (χ3n) is 6.18. The van der Waals surface area contributed by atoms with Gasteiger partial charge in [0.15, 0.2) is 0 Å². The van der Waals surface area contributed by atoms with Gasteiger partial charge in [-0.3, -0.25) is 9.59 Å². The van der Waals surface area contributed by atoms with E-state index in [9.17, 15) is 19.3 Å². The van der Waals surface area contributed by atoms with Gasteiger partial charge in [-0.25, -0.2) is 0 Å². The highest BCUT2D eigenvalue weighted by atomic mass is 31.1. The van der Waals surface area contributed by atoms with Crippen molar-refractivity contribution in [3.05, 3.63) is 0 Å². The zero-order valence-electron chi connectivity index (χ0n) is 19.5. The first-order valence-electron chi connectivity index (χ1n) is 12.4.